The molecule has 7 nitrogen and oxygen atoms in total. The quantitative estimate of drug-likeness (QED) is 0.704. The van der Waals surface area contributed by atoms with Gasteiger partial charge in [0.15, 0.2) is 0 Å². The fraction of sp³-hybridized carbons (Fsp3) is 0.680. The second-order valence-corrected chi connectivity index (χ2v) is 10.8. The first-order chi connectivity index (χ1) is 15.3. The fourth-order valence-corrected chi connectivity index (χ4v) is 6.98. The van der Waals surface area contributed by atoms with Crippen molar-refractivity contribution in [3.8, 4) is 0 Å². The third-order valence-corrected chi connectivity index (χ3v) is 8.41. The van der Waals surface area contributed by atoms with E-state index in [9.17, 15) is 9.59 Å². The normalized spacial score (nSPS) is 36.1. The van der Waals surface area contributed by atoms with Crippen molar-refractivity contribution in [3.63, 3.8) is 0 Å². The van der Waals surface area contributed by atoms with Crippen molar-refractivity contribution in [1.29, 1.82) is 0 Å². The highest BCUT2D eigenvalue weighted by Gasteiger charge is 2.58. The Hall–Kier alpha value is -2.12. The first-order valence-corrected chi connectivity index (χ1v) is 12.0. The Labute approximate surface area is 190 Å². The van der Waals surface area contributed by atoms with Gasteiger partial charge in [-0.05, 0) is 67.6 Å². The van der Waals surface area contributed by atoms with Gasteiger partial charge in [-0.1, -0.05) is 12.1 Å². The third kappa shape index (κ3) is 4.01. The van der Waals surface area contributed by atoms with Crippen LogP contribution in [0, 0.1) is 23.2 Å². The molecule has 3 N–H and O–H groups in total. The van der Waals surface area contributed by atoms with E-state index in [0.717, 1.165) is 45.2 Å². The Kier molecular flexibility index (Phi) is 5.66. The summed E-state index contributed by atoms with van der Waals surface area (Å²) in [6, 6.07) is 8.73. The smallest absolute Gasteiger partial charge is 0.250 e. The molecular formula is C25H36N4O3. The SMILES string of the molecule is CN(C)c1ccc(CN2CCO[C@@H](C(=O)NC3C4CC5CC3CC(C(N)=O)(C5)C4)C2)cc1. The fourth-order valence-electron chi connectivity index (χ4n) is 6.98. The van der Waals surface area contributed by atoms with Crippen LogP contribution in [0.15, 0.2) is 24.3 Å². The van der Waals surface area contributed by atoms with Crippen molar-refractivity contribution in [3.05, 3.63) is 29.8 Å². The highest BCUT2D eigenvalue weighted by atomic mass is 16.5. The molecule has 0 radical (unpaired) electrons. The van der Waals surface area contributed by atoms with Crippen LogP contribution in [-0.2, 0) is 20.9 Å². The lowest BCUT2D eigenvalue weighted by Crippen LogP contribution is -2.63. The Morgan fingerprint density at radius 2 is 1.84 bits per heavy atom. The van der Waals surface area contributed by atoms with Crippen molar-refractivity contribution < 1.29 is 14.3 Å². The molecule has 0 aromatic heterocycles. The molecule has 1 heterocycles. The molecule has 6 rings (SSSR count). The third-order valence-electron chi connectivity index (χ3n) is 8.41. The highest BCUT2D eigenvalue weighted by molar-refractivity contribution is 5.83. The van der Waals surface area contributed by atoms with Crippen molar-refractivity contribution in [2.45, 2.75) is 50.8 Å². The summed E-state index contributed by atoms with van der Waals surface area (Å²) in [7, 11) is 4.08. The molecule has 2 unspecified atom stereocenters. The zero-order valence-electron chi connectivity index (χ0n) is 19.3. The average molecular weight is 441 g/mol. The van der Waals surface area contributed by atoms with Crippen LogP contribution in [0.5, 0.6) is 0 Å². The van der Waals surface area contributed by atoms with Crippen molar-refractivity contribution >= 4 is 17.5 Å². The lowest BCUT2D eigenvalue weighted by atomic mass is 9.47. The van der Waals surface area contributed by atoms with Gasteiger partial charge in [0.25, 0.3) is 5.91 Å². The summed E-state index contributed by atoms with van der Waals surface area (Å²) in [5, 5.41) is 3.34. The van der Waals surface area contributed by atoms with E-state index in [1.165, 1.54) is 11.3 Å². The van der Waals surface area contributed by atoms with Gasteiger partial charge in [-0.15, -0.1) is 0 Å². The number of ether oxygens (including phenoxy) is 1. The molecule has 4 aliphatic carbocycles. The number of carbonyl (C=O) groups excluding carboxylic acids is 2. The van der Waals surface area contributed by atoms with E-state index in [-0.39, 0.29) is 23.3 Å². The summed E-state index contributed by atoms with van der Waals surface area (Å²) in [6.45, 7) is 2.82. The van der Waals surface area contributed by atoms with E-state index in [1.807, 2.05) is 14.1 Å². The van der Waals surface area contributed by atoms with Crippen molar-refractivity contribution in [1.82, 2.24) is 10.2 Å². The van der Waals surface area contributed by atoms with Crippen LogP contribution >= 0.6 is 0 Å². The van der Waals surface area contributed by atoms with Crippen molar-refractivity contribution in [2.75, 3.05) is 38.7 Å². The highest BCUT2D eigenvalue weighted by Crippen LogP contribution is 2.59. The lowest BCUT2D eigenvalue weighted by molar-refractivity contribution is -0.151. The average Bonchev–Trinajstić information content (AvgIpc) is 2.76. The number of primary amides is 1. The van der Waals surface area contributed by atoms with E-state index in [2.05, 4.69) is 39.4 Å². The Morgan fingerprint density at radius 1 is 1.16 bits per heavy atom. The maximum absolute atomic E-state index is 13.2. The van der Waals surface area contributed by atoms with Crippen LogP contribution in [0.2, 0.25) is 0 Å². The minimum absolute atomic E-state index is 0.00301. The molecule has 1 aromatic rings. The summed E-state index contributed by atoms with van der Waals surface area (Å²) in [4.78, 5) is 29.7. The maximum atomic E-state index is 13.2. The molecular weight excluding hydrogens is 404 g/mol. The topological polar surface area (TPSA) is 87.9 Å². The van der Waals surface area contributed by atoms with E-state index in [4.69, 9.17) is 10.5 Å². The molecule has 7 heteroatoms. The van der Waals surface area contributed by atoms with Crippen LogP contribution in [0.1, 0.15) is 37.7 Å². The van der Waals surface area contributed by atoms with Crippen LogP contribution in [0.3, 0.4) is 0 Å². The summed E-state index contributed by atoms with van der Waals surface area (Å²) in [5.41, 5.74) is 7.91. The van der Waals surface area contributed by atoms with E-state index < -0.39 is 6.10 Å². The number of carbonyl (C=O) groups is 2. The van der Waals surface area contributed by atoms with Crippen LogP contribution in [-0.4, -0.2) is 62.7 Å². The number of nitrogens with one attached hydrogen (secondary N) is 1. The molecule has 3 atom stereocenters. The molecule has 4 saturated carbocycles. The Balaban J connectivity index is 1.19. The van der Waals surface area contributed by atoms with Gasteiger partial charge >= 0.3 is 0 Å². The zero-order chi connectivity index (χ0) is 22.5. The number of anilines is 1. The Morgan fingerprint density at radius 3 is 2.47 bits per heavy atom. The molecule has 1 saturated heterocycles. The molecule has 5 aliphatic rings. The molecule has 32 heavy (non-hydrogen) atoms. The van der Waals surface area contributed by atoms with Crippen LogP contribution < -0.4 is 16.0 Å². The molecule has 1 aromatic carbocycles. The minimum atomic E-state index is -0.438. The predicted molar refractivity (Wildman–Crippen MR) is 123 cm³/mol. The summed E-state index contributed by atoms with van der Waals surface area (Å²) >= 11 is 0. The monoisotopic (exact) mass is 440 g/mol. The molecule has 2 amide bonds. The van der Waals surface area contributed by atoms with E-state index in [1.54, 1.807) is 0 Å². The van der Waals surface area contributed by atoms with Gasteiger partial charge in [-0.25, -0.2) is 0 Å². The summed E-state index contributed by atoms with van der Waals surface area (Å²) in [5.74, 6) is 1.20. The van der Waals surface area contributed by atoms with Gasteiger partial charge < -0.3 is 20.7 Å². The standard InChI is InChI=1S/C25H36N4O3/c1-28(2)20-5-3-16(4-6-20)14-29-7-8-32-21(15-29)23(30)27-22-18-9-17-10-19(22)13-25(11-17,12-18)24(26)31/h3-6,17-19,21-22H,7-15H2,1-2H3,(H2,26,31)(H,27,30)/t17?,18?,19?,21-,22?,25?/m1/s1. The van der Waals surface area contributed by atoms with E-state index >= 15 is 0 Å². The first-order valence-electron chi connectivity index (χ1n) is 12.0. The maximum Gasteiger partial charge on any atom is 0.250 e. The van der Waals surface area contributed by atoms with Gasteiger partial charge in [0.05, 0.1) is 6.61 Å². The van der Waals surface area contributed by atoms with Gasteiger partial charge in [-0.3, -0.25) is 14.5 Å². The summed E-state index contributed by atoms with van der Waals surface area (Å²) < 4.78 is 5.88. The molecule has 1 aliphatic heterocycles. The first kappa shape index (κ1) is 21.7. The number of hydrogen-bond acceptors (Lipinski definition) is 5. The van der Waals surface area contributed by atoms with Gasteiger partial charge in [0, 0.05) is 50.9 Å². The second-order valence-electron chi connectivity index (χ2n) is 10.8. The van der Waals surface area contributed by atoms with Gasteiger partial charge in [0.2, 0.25) is 5.91 Å². The Bertz CT molecular complexity index is 854. The van der Waals surface area contributed by atoms with Crippen LogP contribution in [0.25, 0.3) is 0 Å². The predicted octanol–water partition coefficient (Wildman–Crippen LogP) is 1.75. The van der Waals surface area contributed by atoms with Crippen LogP contribution in [0.4, 0.5) is 5.69 Å². The number of nitrogens with zero attached hydrogens (tertiary/aromatic N) is 2. The number of morpholine rings is 1. The van der Waals surface area contributed by atoms with Crippen molar-refractivity contribution in [2.24, 2.45) is 28.9 Å². The number of benzene rings is 1. The minimum Gasteiger partial charge on any atom is -0.378 e. The molecule has 174 valence electrons. The second kappa shape index (κ2) is 8.34. The number of rotatable bonds is 6. The lowest BCUT2D eigenvalue weighted by Gasteiger charge is -2.59. The molecule has 0 spiro atoms. The zero-order valence-corrected chi connectivity index (χ0v) is 19.3. The van der Waals surface area contributed by atoms with Gasteiger partial charge in [-0.2, -0.15) is 0 Å². The molecule has 4 bridgehead atoms. The number of hydrogen-bond donors (Lipinski definition) is 2. The largest absolute Gasteiger partial charge is 0.378 e. The summed E-state index contributed by atoms with van der Waals surface area (Å²) in [6.07, 6.45) is 4.40. The van der Waals surface area contributed by atoms with Gasteiger partial charge in [0.1, 0.15) is 6.10 Å². The molecule has 5 fully saturated rings. The number of nitrogens with two attached hydrogens (primary N) is 1. The van der Waals surface area contributed by atoms with E-state index in [0.29, 0.717) is 30.9 Å². The number of amides is 2.